The summed E-state index contributed by atoms with van der Waals surface area (Å²) in [5.74, 6) is -0.129. The molecule has 1 aromatic rings. The molecule has 1 fully saturated rings. The van der Waals surface area contributed by atoms with Crippen molar-refractivity contribution in [1.29, 1.82) is 0 Å². The average molecular weight is 341 g/mol. The summed E-state index contributed by atoms with van der Waals surface area (Å²) in [5.41, 5.74) is 0.612. The van der Waals surface area contributed by atoms with E-state index in [9.17, 15) is 9.50 Å². The molecule has 7 heteroatoms. The maximum absolute atomic E-state index is 13.6. The summed E-state index contributed by atoms with van der Waals surface area (Å²) in [6, 6.07) is 2.64. The van der Waals surface area contributed by atoms with Crippen molar-refractivity contribution in [2.45, 2.75) is 19.4 Å². The van der Waals surface area contributed by atoms with E-state index in [-0.39, 0.29) is 48.2 Å². The zero-order valence-corrected chi connectivity index (χ0v) is 13.9. The molecule has 1 aliphatic rings. The van der Waals surface area contributed by atoms with Crippen LogP contribution in [-0.2, 0) is 0 Å². The minimum absolute atomic E-state index is 0. The van der Waals surface area contributed by atoms with E-state index in [1.54, 1.807) is 0 Å². The largest absolute Gasteiger partial charge is 0.504 e. The number of ether oxygens (including phenoxy) is 1. The molecule has 0 radical (unpaired) electrons. The number of hydrogen-bond acceptors (Lipinski definition) is 4. The van der Waals surface area contributed by atoms with Gasteiger partial charge in [0.1, 0.15) is 5.82 Å². The summed E-state index contributed by atoms with van der Waals surface area (Å²) in [7, 11) is 1.43. The first-order valence-corrected chi connectivity index (χ1v) is 6.68. The van der Waals surface area contributed by atoms with Crippen molar-refractivity contribution >= 4 is 24.8 Å². The predicted molar refractivity (Wildman–Crippen MR) is 86.6 cm³/mol. The quantitative estimate of drug-likeness (QED) is 0.884. The van der Waals surface area contributed by atoms with Crippen LogP contribution in [0.3, 0.4) is 0 Å². The van der Waals surface area contributed by atoms with Gasteiger partial charge in [-0.05, 0) is 12.5 Å². The molecule has 0 spiro atoms. The third-order valence-electron chi connectivity index (χ3n) is 3.63. The number of nitrogens with one attached hydrogen (secondary N) is 1. The van der Waals surface area contributed by atoms with E-state index in [0.29, 0.717) is 5.56 Å². The molecule has 2 N–H and O–H groups in total. The lowest BCUT2D eigenvalue weighted by atomic mass is 10.00. The molecular formula is C14H23Cl2FN2O2. The van der Waals surface area contributed by atoms with Crippen molar-refractivity contribution in [1.82, 2.24) is 10.2 Å². The van der Waals surface area contributed by atoms with E-state index in [2.05, 4.69) is 10.2 Å². The van der Waals surface area contributed by atoms with E-state index in [1.165, 1.54) is 19.2 Å². The normalized spacial score (nSPS) is 16.5. The van der Waals surface area contributed by atoms with Crippen molar-refractivity contribution in [3.05, 3.63) is 23.5 Å². The van der Waals surface area contributed by atoms with Gasteiger partial charge in [0.05, 0.1) is 7.11 Å². The molecular weight excluding hydrogens is 318 g/mol. The standard InChI is InChI=1S/C14H21FN2O2.2ClH/c1-3-12(17-6-4-16-5-7-17)11-8-10(15)9-13(19-2)14(11)18;;/h8-9,12,16,18H,3-7H2,1-2H3;2*1H/t12-;;/m0../s1. The second kappa shape index (κ2) is 9.30. The van der Waals surface area contributed by atoms with E-state index in [4.69, 9.17) is 4.74 Å². The molecule has 0 amide bonds. The number of nitrogens with zero attached hydrogens (tertiary/aromatic N) is 1. The van der Waals surface area contributed by atoms with E-state index < -0.39 is 0 Å². The minimum Gasteiger partial charge on any atom is -0.504 e. The van der Waals surface area contributed by atoms with Gasteiger partial charge in [-0.25, -0.2) is 4.39 Å². The Morgan fingerprint density at radius 1 is 1.33 bits per heavy atom. The molecule has 1 aromatic carbocycles. The zero-order chi connectivity index (χ0) is 13.8. The smallest absolute Gasteiger partial charge is 0.163 e. The Morgan fingerprint density at radius 3 is 2.48 bits per heavy atom. The summed E-state index contributed by atoms with van der Waals surface area (Å²) >= 11 is 0. The van der Waals surface area contributed by atoms with Gasteiger partial charge in [0, 0.05) is 43.9 Å². The number of halogens is 3. The van der Waals surface area contributed by atoms with E-state index >= 15 is 0 Å². The fraction of sp³-hybridized carbons (Fsp3) is 0.571. The highest BCUT2D eigenvalue weighted by Gasteiger charge is 2.25. The average Bonchev–Trinajstić information content (AvgIpc) is 2.44. The fourth-order valence-corrected chi connectivity index (χ4v) is 2.67. The van der Waals surface area contributed by atoms with Gasteiger partial charge in [-0.2, -0.15) is 0 Å². The van der Waals surface area contributed by atoms with Crippen molar-refractivity contribution in [2.75, 3.05) is 33.3 Å². The molecule has 0 aromatic heterocycles. The van der Waals surface area contributed by atoms with Gasteiger partial charge in [0.2, 0.25) is 0 Å². The van der Waals surface area contributed by atoms with Crippen LogP contribution in [-0.4, -0.2) is 43.3 Å². The number of hydrogen-bond donors (Lipinski definition) is 2. The Kier molecular flexibility index (Phi) is 8.97. The molecule has 0 unspecified atom stereocenters. The summed E-state index contributed by atoms with van der Waals surface area (Å²) in [4.78, 5) is 2.27. The summed E-state index contributed by atoms with van der Waals surface area (Å²) < 4.78 is 18.7. The highest BCUT2D eigenvalue weighted by molar-refractivity contribution is 5.85. The van der Waals surface area contributed by atoms with Crippen LogP contribution in [0.25, 0.3) is 0 Å². The lowest BCUT2D eigenvalue weighted by molar-refractivity contribution is 0.166. The number of rotatable bonds is 4. The van der Waals surface area contributed by atoms with Crippen LogP contribution in [0.5, 0.6) is 11.5 Å². The number of methoxy groups -OCH3 is 1. The highest BCUT2D eigenvalue weighted by Crippen LogP contribution is 2.38. The molecule has 0 saturated carbocycles. The second-order valence-electron chi connectivity index (χ2n) is 4.76. The van der Waals surface area contributed by atoms with E-state index in [0.717, 1.165) is 32.6 Å². The molecule has 21 heavy (non-hydrogen) atoms. The number of phenols is 1. The van der Waals surface area contributed by atoms with Crippen molar-refractivity contribution in [3.8, 4) is 11.5 Å². The number of phenolic OH excluding ortho intramolecular Hbond substituents is 1. The van der Waals surface area contributed by atoms with Gasteiger partial charge in [-0.15, -0.1) is 24.8 Å². The molecule has 1 saturated heterocycles. The van der Waals surface area contributed by atoms with Gasteiger partial charge in [0.15, 0.2) is 11.5 Å². The lowest BCUT2D eigenvalue weighted by Gasteiger charge is -2.35. The number of benzene rings is 1. The Morgan fingerprint density at radius 2 is 1.95 bits per heavy atom. The van der Waals surface area contributed by atoms with Crippen LogP contribution >= 0.6 is 24.8 Å². The van der Waals surface area contributed by atoms with Gasteiger partial charge in [-0.1, -0.05) is 6.92 Å². The first-order chi connectivity index (χ1) is 9.17. The highest BCUT2D eigenvalue weighted by atomic mass is 35.5. The molecule has 2 rings (SSSR count). The Labute approximate surface area is 137 Å². The summed E-state index contributed by atoms with van der Waals surface area (Å²) in [6.07, 6.45) is 0.820. The predicted octanol–water partition coefficient (Wildman–Crippen LogP) is 2.74. The van der Waals surface area contributed by atoms with Crippen molar-refractivity contribution in [2.24, 2.45) is 0 Å². The Hall–Kier alpha value is -0.750. The van der Waals surface area contributed by atoms with Crippen LogP contribution in [0.4, 0.5) is 4.39 Å². The minimum atomic E-state index is -0.377. The van der Waals surface area contributed by atoms with Gasteiger partial charge in [0.25, 0.3) is 0 Å². The van der Waals surface area contributed by atoms with Crippen LogP contribution in [0.15, 0.2) is 12.1 Å². The van der Waals surface area contributed by atoms with Crippen molar-refractivity contribution < 1.29 is 14.2 Å². The van der Waals surface area contributed by atoms with Gasteiger partial charge < -0.3 is 15.2 Å². The molecule has 0 bridgehead atoms. The first kappa shape index (κ1) is 20.2. The lowest BCUT2D eigenvalue weighted by Crippen LogP contribution is -2.45. The maximum atomic E-state index is 13.6. The molecule has 1 aliphatic heterocycles. The molecule has 1 heterocycles. The fourth-order valence-electron chi connectivity index (χ4n) is 2.67. The van der Waals surface area contributed by atoms with Crippen LogP contribution in [0.1, 0.15) is 24.9 Å². The summed E-state index contributed by atoms with van der Waals surface area (Å²) in [6.45, 7) is 5.69. The molecule has 0 aliphatic carbocycles. The maximum Gasteiger partial charge on any atom is 0.163 e. The first-order valence-electron chi connectivity index (χ1n) is 6.68. The van der Waals surface area contributed by atoms with E-state index in [1.807, 2.05) is 6.92 Å². The van der Waals surface area contributed by atoms with Gasteiger partial charge >= 0.3 is 0 Å². The van der Waals surface area contributed by atoms with Crippen LogP contribution in [0, 0.1) is 5.82 Å². The zero-order valence-electron chi connectivity index (χ0n) is 12.3. The molecule has 4 nitrogen and oxygen atoms in total. The number of piperazine rings is 1. The van der Waals surface area contributed by atoms with Gasteiger partial charge in [-0.3, -0.25) is 4.90 Å². The second-order valence-corrected chi connectivity index (χ2v) is 4.76. The Balaban J connectivity index is 0.00000200. The Bertz CT molecular complexity index is 443. The SMILES string of the molecule is CC[C@@H](c1cc(F)cc(OC)c1O)N1CCNCC1.Cl.Cl. The number of aromatic hydroxyl groups is 1. The third kappa shape index (κ3) is 4.61. The topological polar surface area (TPSA) is 44.7 Å². The third-order valence-corrected chi connectivity index (χ3v) is 3.63. The van der Waals surface area contributed by atoms with Crippen molar-refractivity contribution in [3.63, 3.8) is 0 Å². The molecule has 1 atom stereocenters. The van der Waals surface area contributed by atoms with Crippen LogP contribution < -0.4 is 10.1 Å². The monoisotopic (exact) mass is 340 g/mol. The molecule has 122 valence electrons. The summed E-state index contributed by atoms with van der Waals surface area (Å²) in [5, 5.41) is 13.5. The van der Waals surface area contributed by atoms with Crippen LogP contribution in [0.2, 0.25) is 0 Å².